The van der Waals surface area contributed by atoms with E-state index in [1.807, 2.05) is 0 Å². The van der Waals surface area contributed by atoms with Crippen molar-refractivity contribution in [3.8, 4) is 0 Å². The lowest BCUT2D eigenvalue weighted by Gasteiger charge is -2.14. The summed E-state index contributed by atoms with van der Waals surface area (Å²) in [7, 11) is 3.08. The Bertz CT molecular complexity index is 572. The van der Waals surface area contributed by atoms with Gasteiger partial charge in [0.25, 0.3) is 5.91 Å². The molecule has 96 valence electrons. The SMILES string of the molecule is CONC(=O)CN(C)c1nc2c(F)cccc2s1. The van der Waals surface area contributed by atoms with Crippen molar-refractivity contribution in [1.29, 1.82) is 0 Å². The molecule has 2 rings (SSSR count). The van der Waals surface area contributed by atoms with Crippen LogP contribution in [0.2, 0.25) is 0 Å². The van der Waals surface area contributed by atoms with Crippen molar-refractivity contribution in [1.82, 2.24) is 10.5 Å². The number of nitrogens with zero attached hydrogens (tertiary/aromatic N) is 2. The molecule has 0 aliphatic carbocycles. The zero-order chi connectivity index (χ0) is 13.1. The molecule has 0 saturated carbocycles. The van der Waals surface area contributed by atoms with Gasteiger partial charge in [-0.2, -0.15) is 0 Å². The number of benzene rings is 1. The molecule has 0 radical (unpaired) electrons. The molecule has 0 saturated heterocycles. The van der Waals surface area contributed by atoms with Gasteiger partial charge >= 0.3 is 0 Å². The van der Waals surface area contributed by atoms with E-state index < -0.39 is 0 Å². The van der Waals surface area contributed by atoms with Gasteiger partial charge in [0.2, 0.25) is 0 Å². The largest absolute Gasteiger partial charge is 0.342 e. The lowest BCUT2D eigenvalue weighted by Crippen LogP contribution is -2.34. The normalized spacial score (nSPS) is 10.6. The summed E-state index contributed by atoms with van der Waals surface area (Å²) in [5.41, 5.74) is 2.54. The Balaban J connectivity index is 2.20. The first-order chi connectivity index (χ1) is 8.61. The molecule has 18 heavy (non-hydrogen) atoms. The Morgan fingerprint density at radius 2 is 2.39 bits per heavy atom. The van der Waals surface area contributed by atoms with E-state index in [4.69, 9.17) is 0 Å². The van der Waals surface area contributed by atoms with Gasteiger partial charge in [-0.15, -0.1) is 0 Å². The molecule has 5 nitrogen and oxygen atoms in total. The number of halogens is 1. The topological polar surface area (TPSA) is 54.5 Å². The van der Waals surface area contributed by atoms with E-state index in [-0.39, 0.29) is 18.3 Å². The second kappa shape index (κ2) is 5.28. The van der Waals surface area contributed by atoms with Gasteiger partial charge in [-0.3, -0.25) is 9.63 Å². The van der Waals surface area contributed by atoms with Gasteiger partial charge in [0.15, 0.2) is 5.13 Å². The third kappa shape index (κ3) is 2.57. The van der Waals surface area contributed by atoms with Crippen LogP contribution in [0.5, 0.6) is 0 Å². The van der Waals surface area contributed by atoms with Gasteiger partial charge in [0, 0.05) is 7.05 Å². The summed E-state index contributed by atoms with van der Waals surface area (Å²) in [4.78, 5) is 21.7. The van der Waals surface area contributed by atoms with E-state index in [1.54, 1.807) is 24.1 Å². The average molecular weight is 269 g/mol. The van der Waals surface area contributed by atoms with E-state index in [9.17, 15) is 9.18 Å². The van der Waals surface area contributed by atoms with Crippen molar-refractivity contribution >= 4 is 32.6 Å². The first-order valence-corrected chi connectivity index (χ1v) is 6.01. The maximum absolute atomic E-state index is 13.5. The smallest absolute Gasteiger partial charge is 0.263 e. The molecule has 0 spiro atoms. The van der Waals surface area contributed by atoms with Crippen molar-refractivity contribution in [2.24, 2.45) is 0 Å². The highest BCUT2D eigenvalue weighted by atomic mass is 32.1. The number of hydroxylamine groups is 1. The first-order valence-electron chi connectivity index (χ1n) is 5.20. The lowest BCUT2D eigenvalue weighted by molar-refractivity contribution is -0.129. The van der Waals surface area contributed by atoms with E-state index >= 15 is 0 Å². The van der Waals surface area contributed by atoms with Gasteiger partial charge in [0.1, 0.15) is 17.9 Å². The Hall–Kier alpha value is -1.73. The van der Waals surface area contributed by atoms with Crippen LogP contribution >= 0.6 is 11.3 Å². The minimum absolute atomic E-state index is 0.0925. The number of para-hydroxylation sites is 1. The number of rotatable bonds is 4. The number of carbonyl (C=O) groups excluding carboxylic acids is 1. The van der Waals surface area contributed by atoms with Crippen molar-refractivity contribution in [3.63, 3.8) is 0 Å². The second-order valence-electron chi connectivity index (χ2n) is 3.67. The molecule has 1 amide bonds. The van der Waals surface area contributed by atoms with Crippen LogP contribution in [0.15, 0.2) is 18.2 Å². The summed E-state index contributed by atoms with van der Waals surface area (Å²) in [5.74, 6) is -0.649. The highest BCUT2D eigenvalue weighted by molar-refractivity contribution is 7.22. The highest BCUT2D eigenvalue weighted by Gasteiger charge is 2.13. The molecule has 2 aromatic rings. The highest BCUT2D eigenvalue weighted by Crippen LogP contribution is 2.29. The minimum Gasteiger partial charge on any atom is -0.342 e. The van der Waals surface area contributed by atoms with Crippen LogP contribution in [-0.4, -0.2) is 31.6 Å². The van der Waals surface area contributed by atoms with Gasteiger partial charge in [0.05, 0.1) is 11.8 Å². The third-order valence-electron chi connectivity index (χ3n) is 2.28. The molecule has 1 aromatic heterocycles. The molecule has 1 heterocycles. The molecule has 0 aliphatic rings. The number of thiazole rings is 1. The summed E-state index contributed by atoms with van der Waals surface area (Å²) in [6.07, 6.45) is 0. The Labute approximate surface area is 107 Å². The van der Waals surface area contributed by atoms with Crippen LogP contribution < -0.4 is 10.4 Å². The van der Waals surface area contributed by atoms with Crippen LogP contribution in [0.25, 0.3) is 10.2 Å². The molecule has 0 fully saturated rings. The molecule has 0 bridgehead atoms. The Morgan fingerprint density at radius 3 is 3.06 bits per heavy atom. The summed E-state index contributed by atoms with van der Waals surface area (Å²) in [5, 5.41) is 0.585. The maximum atomic E-state index is 13.5. The summed E-state index contributed by atoms with van der Waals surface area (Å²) in [6, 6.07) is 4.80. The Kier molecular flexibility index (Phi) is 3.73. The van der Waals surface area contributed by atoms with E-state index in [2.05, 4.69) is 15.3 Å². The second-order valence-corrected chi connectivity index (χ2v) is 4.68. The number of amides is 1. The zero-order valence-electron chi connectivity index (χ0n) is 9.94. The van der Waals surface area contributed by atoms with Gasteiger partial charge in [-0.25, -0.2) is 14.9 Å². The fraction of sp³-hybridized carbons (Fsp3) is 0.273. The number of likely N-dealkylation sites (N-methyl/N-ethyl adjacent to an activating group) is 1. The Morgan fingerprint density at radius 1 is 1.61 bits per heavy atom. The van der Waals surface area contributed by atoms with Gasteiger partial charge in [-0.05, 0) is 12.1 Å². The lowest BCUT2D eigenvalue weighted by atomic mass is 10.3. The number of aromatic nitrogens is 1. The number of anilines is 1. The maximum Gasteiger partial charge on any atom is 0.263 e. The van der Waals surface area contributed by atoms with E-state index in [0.29, 0.717) is 10.6 Å². The van der Waals surface area contributed by atoms with Crippen LogP contribution in [0.4, 0.5) is 9.52 Å². The molecule has 1 N–H and O–H groups in total. The number of hydrogen-bond donors (Lipinski definition) is 1. The molecular formula is C11H12FN3O2S. The van der Waals surface area contributed by atoms with Crippen LogP contribution in [-0.2, 0) is 9.63 Å². The standard InChI is InChI=1S/C11H12FN3O2S/c1-15(6-9(16)14-17-2)11-13-10-7(12)4-3-5-8(10)18-11/h3-5H,6H2,1-2H3,(H,14,16). The van der Waals surface area contributed by atoms with Crippen molar-refractivity contribution in [3.05, 3.63) is 24.0 Å². The van der Waals surface area contributed by atoms with Crippen molar-refractivity contribution in [2.45, 2.75) is 0 Å². The molecule has 1 aromatic carbocycles. The molecule has 0 aliphatic heterocycles. The minimum atomic E-state index is -0.357. The molecule has 0 unspecified atom stereocenters. The van der Waals surface area contributed by atoms with E-state index in [1.165, 1.54) is 24.5 Å². The number of nitrogens with one attached hydrogen (secondary N) is 1. The monoisotopic (exact) mass is 269 g/mol. The summed E-state index contributed by atoms with van der Waals surface area (Å²) >= 11 is 1.33. The molecular weight excluding hydrogens is 257 g/mol. The predicted molar refractivity (Wildman–Crippen MR) is 68.0 cm³/mol. The quantitative estimate of drug-likeness (QED) is 0.856. The number of hydrogen-bond acceptors (Lipinski definition) is 5. The van der Waals surface area contributed by atoms with Crippen molar-refractivity contribution in [2.75, 3.05) is 25.6 Å². The average Bonchev–Trinajstić information content (AvgIpc) is 2.74. The van der Waals surface area contributed by atoms with E-state index in [0.717, 1.165) is 4.70 Å². The molecule has 0 atom stereocenters. The van der Waals surface area contributed by atoms with Crippen LogP contribution in [0, 0.1) is 5.82 Å². The summed E-state index contributed by atoms with van der Waals surface area (Å²) in [6.45, 7) is 0.0925. The molecule has 7 heteroatoms. The van der Waals surface area contributed by atoms with Crippen LogP contribution in [0.1, 0.15) is 0 Å². The summed E-state index contributed by atoms with van der Waals surface area (Å²) < 4.78 is 14.2. The van der Waals surface area contributed by atoms with Gasteiger partial charge in [-0.1, -0.05) is 17.4 Å². The van der Waals surface area contributed by atoms with Crippen molar-refractivity contribution < 1.29 is 14.0 Å². The van der Waals surface area contributed by atoms with Gasteiger partial charge < -0.3 is 4.90 Å². The number of carbonyl (C=O) groups is 1. The predicted octanol–water partition coefficient (Wildman–Crippen LogP) is 1.55. The zero-order valence-corrected chi connectivity index (χ0v) is 10.8. The fourth-order valence-electron chi connectivity index (χ4n) is 1.50. The number of fused-ring (bicyclic) bond motifs is 1. The first kappa shape index (κ1) is 12.7. The third-order valence-corrected chi connectivity index (χ3v) is 3.42. The fourth-order valence-corrected chi connectivity index (χ4v) is 2.44. The van der Waals surface area contributed by atoms with Crippen LogP contribution in [0.3, 0.4) is 0 Å².